The summed E-state index contributed by atoms with van der Waals surface area (Å²) in [6, 6.07) is 6.26. The second-order valence-corrected chi connectivity index (χ2v) is 5.69. The van der Waals surface area contributed by atoms with Crippen molar-refractivity contribution in [3.05, 3.63) is 30.1 Å². The zero-order valence-corrected chi connectivity index (χ0v) is 10.5. The number of tetrazole rings is 1. The van der Waals surface area contributed by atoms with Crippen molar-refractivity contribution in [2.75, 3.05) is 6.26 Å². The number of halogens is 1. The van der Waals surface area contributed by atoms with Gasteiger partial charge in [0, 0.05) is 6.26 Å². The summed E-state index contributed by atoms with van der Waals surface area (Å²) < 4.78 is 24.0. The molecule has 0 N–H and O–H groups in total. The van der Waals surface area contributed by atoms with Gasteiger partial charge in [0.1, 0.15) is 0 Å². The first-order valence-electron chi connectivity index (χ1n) is 4.66. The lowest BCUT2D eigenvalue weighted by Crippen LogP contribution is -2.02. The molecule has 1 aromatic carbocycles. The van der Waals surface area contributed by atoms with Crippen LogP contribution < -0.4 is 0 Å². The first-order chi connectivity index (χ1) is 8.02. The number of benzene rings is 1. The smallest absolute Gasteiger partial charge is 0.175 e. The quantitative estimate of drug-likeness (QED) is 0.773. The van der Waals surface area contributed by atoms with E-state index in [0.29, 0.717) is 11.5 Å². The van der Waals surface area contributed by atoms with E-state index in [0.717, 1.165) is 6.26 Å². The summed E-state index contributed by atoms with van der Waals surface area (Å²) in [5.74, 6) is 0.680. The summed E-state index contributed by atoms with van der Waals surface area (Å²) in [4.78, 5) is 0.252. The van der Waals surface area contributed by atoms with Gasteiger partial charge in [-0.25, -0.2) is 8.42 Å². The Labute approximate surface area is 103 Å². The molecule has 0 fully saturated rings. The Kier molecular flexibility index (Phi) is 3.12. The van der Waals surface area contributed by atoms with Gasteiger partial charge in [0.15, 0.2) is 15.7 Å². The van der Waals surface area contributed by atoms with Gasteiger partial charge in [-0.15, -0.1) is 16.7 Å². The van der Waals surface area contributed by atoms with Gasteiger partial charge in [-0.1, -0.05) is 0 Å². The van der Waals surface area contributed by atoms with Gasteiger partial charge in [0.05, 0.1) is 16.5 Å². The Morgan fingerprint density at radius 1 is 1.29 bits per heavy atom. The predicted molar refractivity (Wildman–Crippen MR) is 61.8 cm³/mol. The Morgan fingerprint density at radius 2 is 1.94 bits per heavy atom. The van der Waals surface area contributed by atoms with Crippen molar-refractivity contribution >= 4 is 21.4 Å². The van der Waals surface area contributed by atoms with Crippen molar-refractivity contribution in [3.63, 3.8) is 0 Å². The average molecular weight is 273 g/mol. The normalized spacial score (nSPS) is 11.6. The Hall–Kier alpha value is -1.47. The maximum Gasteiger partial charge on any atom is 0.175 e. The summed E-state index contributed by atoms with van der Waals surface area (Å²) in [6.45, 7) is 0. The third-order valence-corrected chi connectivity index (χ3v) is 3.53. The minimum atomic E-state index is -3.19. The fourth-order valence-corrected chi connectivity index (χ4v) is 2.12. The van der Waals surface area contributed by atoms with Crippen LogP contribution >= 0.6 is 11.6 Å². The molecule has 0 spiro atoms. The highest BCUT2D eigenvalue weighted by molar-refractivity contribution is 7.90. The number of alkyl halides is 1. The molecule has 0 aliphatic rings. The molecule has 0 atom stereocenters. The fourth-order valence-electron chi connectivity index (χ4n) is 1.32. The zero-order valence-electron chi connectivity index (χ0n) is 8.91. The highest BCUT2D eigenvalue weighted by Gasteiger charge is 2.09. The van der Waals surface area contributed by atoms with Gasteiger partial charge in [0.2, 0.25) is 0 Å². The van der Waals surface area contributed by atoms with Crippen LogP contribution in [0.1, 0.15) is 5.82 Å². The molecule has 0 bridgehead atoms. The van der Waals surface area contributed by atoms with Crippen LogP contribution in [-0.4, -0.2) is 34.9 Å². The van der Waals surface area contributed by atoms with Crippen LogP contribution in [0.2, 0.25) is 0 Å². The van der Waals surface area contributed by atoms with E-state index in [4.69, 9.17) is 11.6 Å². The van der Waals surface area contributed by atoms with E-state index in [1.807, 2.05) is 0 Å². The van der Waals surface area contributed by atoms with Gasteiger partial charge in [-0.2, -0.15) is 4.68 Å². The third kappa shape index (κ3) is 2.45. The van der Waals surface area contributed by atoms with Crippen molar-refractivity contribution in [2.45, 2.75) is 10.8 Å². The molecule has 1 aromatic heterocycles. The SMILES string of the molecule is CS(=O)(=O)c1ccc(-n2nnnc2CCl)cc1. The standard InChI is InChI=1S/C9H9ClN4O2S/c1-17(15,16)8-4-2-7(3-5-8)14-9(6-10)11-12-13-14/h2-5H,6H2,1H3. The molecule has 0 amide bonds. The summed E-state index contributed by atoms with van der Waals surface area (Å²) in [7, 11) is -3.19. The van der Waals surface area contributed by atoms with Gasteiger partial charge < -0.3 is 0 Å². The van der Waals surface area contributed by atoms with E-state index in [1.54, 1.807) is 12.1 Å². The van der Waals surface area contributed by atoms with E-state index >= 15 is 0 Å². The van der Waals surface area contributed by atoms with Crippen molar-refractivity contribution < 1.29 is 8.42 Å². The first kappa shape index (κ1) is 12.0. The van der Waals surface area contributed by atoms with E-state index in [-0.39, 0.29) is 10.8 Å². The zero-order chi connectivity index (χ0) is 12.5. The lowest BCUT2D eigenvalue weighted by atomic mass is 10.3. The lowest BCUT2D eigenvalue weighted by Gasteiger charge is -2.03. The van der Waals surface area contributed by atoms with Crippen LogP contribution in [0.5, 0.6) is 0 Å². The summed E-state index contributed by atoms with van der Waals surface area (Å²) >= 11 is 5.67. The van der Waals surface area contributed by atoms with Crippen molar-refractivity contribution in [1.29, 1.82) is 0 Å². The van der Waals surface area contributed by atoms with Gasteiger partial charge in [-0.05, 0) is 34.7 Å². The minimum absolute atomic E-state index is 0.181. The fraction of sp³-hybridized carbons (Fsp3) is 0.222. The van der Waals surface area contributed by atoms with Crippen LogP contribution in [0.25, 0.3) is 5.69 Å². The summed E-state index contributed by atoms with van der Waals surface area (Å²) in [5, 5.41) is 11.0. The molecule has 0 aliphatic carbocycles. The third-order valence-electron chi connectivity index (χ3n) is 2.16. The Bertz CT molecular complexity index is 621. The molecule has 0 aliphatic heterocycles. The molecular formula is C9H9ClN4O2S. The van der Waals surface area contributed by atoms with Gasteiger partial charge in [0.25, 0.3) is 0 Å². The molecule has 17 heavy (non-hydrogen) atoms. The van der Waals surface area contributed by atoms with E-state index < -0.39 is 9.84 Å². The molecule has 0 saturated carbocycles. The van der Waals surface area contributed by atoms with Crippen molar-refractivity contribution in [1.82, 2.24) is 20.2 Å². The van der Waals surface area contributed by atoms with Crippen molar-refractivity contribution in [2.24, 2.45) is 0 Å². The maximum atomic E-state index is 11.3. The molecule has 8 heteroatoms. The highest BCUT2D eigenvalue weighted by atomic mass is 35.5. The number of aromatic nitrogens is 4. The molecule has 0 saturated heterocycles. The second kappa shape index (κ2) is 4.42. The van der Waals surface area contributed by atoms with Crippen molar-refractivity contribution in [3.8, 4) is 5.69 Å². The molecule has 2 aromatic rings. The molecule has 2 rings (SSSR count). The molecular weight excluding hydrogens is 264 g/mol. The molecule has 6 nitrogen and oxygen atoms in total. The van der Waals surface area contributed by atoms with Crippen LogP contribution in [0.15, 0.2) is 29.2 Å². The predicted octanol–water partition coefficient (Wildman–Crippen LogP) is 0.805. The molecule has 0 unspecified atom stereocenters. The Morgan fingerprint density at radius 3 is 2.47 bits per heavy atom. The minimum Gasteiger partial charge on any atom is -0.224 e. The van der Waals surface area contributed by atoms with Crippen LogP contribution in [-0.2, 0) is 15.7 Å². The topological polar surface area (TPSA) is 77.7 Å². The summed E-state index contributed by atoms with van der Waals surface area (Å²) in [6.07, 6.45) is 1.16. The molecule has 0 radical (unpaired) electrons. The maximum absolute atomic E-state index is 11.3. The lowest BCUT2D eigenvalue weighted by molar-refractivity contribution is 0.602. The first-order valence-corrected chi connectivity index (χ1v) is 7.08. The highest BCUT2D eigenvalue weighted by Crippen LogP contribution is 2.14. The monoisotopic (exact) mass is 272 g/mol. The van der Waals surface area contributed by atoms with Crippen LogP contribution in [0, 0.1) is 0 Å². The number of rotatable bonds is 3. The number of sulfone groups is 1. The van der Waals surface area contributed by atoms with Crippen LogP contribution in [0.3, 0.4) is 0 Å². The second-order valence-electron chi connectivity index (χ2n) is 3.41. The molecule has 1 heterocycles. The number of hydrogen-bond acceptors (Lipinski definition) is 5. The van der Waals surface area contributed by atoms with Crippen LogP contribution in [0.4, 0.5) is 0 Å². The summed E-state index contributed by atoms with van der Waals surface area (Å²) in [5.41, 5.74) is 0.665. The van der Waals surface area contributed by atoms with E-state index in [2.05, 4.69) is 15.5 Å². The average Bonchev–Trinajstić information content (AvgIpc) is 2.76. The van der Waals surface area contributed by atoms with Gasteiger partial charge >= 0.3 is 0 Å². The van der Waals surface area contributed by atoms with E-state index in [9.17, 15) is 8.42 Å². The largest absolute Gasteiger partial charge is 0.224 e. The van der Waals surface area contributed by atoms with E-state index in [1.165, 1.54) is 16.8 Å². The molecule has 90 valence electrons. The number of hydrogen-bond donors (Lipinski definition) is 0. The van der Waals surface area contributed by atoms with Gasteiger partial charge in [-0.3, -0.25) is 0 Å². The number of nitrogens with zero attached hydrogens (tertiary/aromatic N) is 4. The Balaban J connectivity index is 2.43.